The van der Waals surface area contributed by atoms with E-state index in [1.807, 2.05) is 24.3 Å². The summed E-state index contributed by atoms with van der Waals surface area (Å²) in [5.74, 6) is 0.478. The van der Waals surface area contributed by atoms with Crippen LogP contribution in [0.3, 0.4) is 0 Å². The van der Waals surface area contributed by atoms with Gasteiger partial charge in [-0.1, -0.05) is 47.3 Å². The van der Waals surface area contributed by atoms with E-state index in [1.54, 1.807) is 12.2 Å². The van der Waals surface area contributed by atoms with Gasteiger partial charge in [0.1, 0.15) is 11.9 Å². The van der Waals surface area contributed by atoms with Crippen LogP contribution in [0.1, 0.15) is 12.0 Å². The van der Waals surface area contributed by atoms with Crippen LogP contribution in [0.25, 0.3) is 0 Å². The number of fused-ring (bicyclic) bond motifs is 2. The Balaban J connectivity index is 2.15. The molecule has 2 aliphatic rings. The SMILES string of the molecule is C=C/C=C(\C=C)C1CC2(NC(=S)NC2=O)c2cc(Br)ccc2O1. The van der Waals surface area contributed by atoms with Crippen molar-refractivity contribution >= 4 is 39.2 Å². The van der Waals surface area contributed by atoms with E-state index >= 15 is 0 Å². The highest BCUT2D eigenvalue weighted by Gasteiger charge is 2.52. The molecule has 23 heavy (non-hydrogen) atoms. The number of benzene rings is 1. The van der Waals surface area contributed by atoms with Crippen LogP contribution in [0, 0.1) is 0 Å². The maximum absolute atomic E-state index is 12.7. The number of thiocarbonyl (C=S) groups is 1. The Bertz CT molecular complexity index is 759. The van der Waals surface area contributed by atoms with Crippen molar-refractivity contribution in [3.63, 3.8) is 0 Å². The zero-order valence-electron chi connectivity index (χ0n) is 12.3. The van der Waals surface area contributed by atoms with Gasteiger partial charge in [-0.2, -0.15) is 0 Å². The standard InChI is InChI=1S/C17H15BrN2O2S/c1-3-5-10(4-2)14-9-17(15(21)19-16(23)20-17)12-8-11(18)6-7-13(12)22-14/h3-8,14H,1-2,9H2,(H2,19,20,21,23)/b10-5+. The molecule has 118 valence electrons. The summed E-state index contributed by atoms with van der Waals surface area (Å²) in [7, 11) is 0. The third kappa shape index (κ3) is 2.62. The van der Waals surface area contributed by atoms with E-state index in [2.05, 4.69) is 39.7 Å². The first-order valence-corrected chi connectivity index (χ1v) is 8.25. The molecule has 3 rings (SSSR count). The molecule has 0 saturated carbocycles. The number of carbonyl (C=O) groups is 1. The average Bonchev–Trinajstić information content (AvgIpc) is 2.80. The van der Waals surface area contributed by atoms with Crippen LogP contribution in [-0.2, 0) is 10.3 Å². The number of hydrogen-bond acceptors (Lipinski definition) is 3. The van der Waals surface area contributed by atoms with Gasteiger partial charge in [0.15, 0.2) is 10.7 Å². The molecule has 2 atom stereocenters. The fourth-order valence-electron chi connectivity index (χ4n) is 2.98. The summed E-state index contributed by atoms with van der Waals surface area (Å²) in [5.41, 5.74) is 0.686. The lowest BCUT2D eigenvalue weighted by molar-refractivity contribution is -0.125. The predicted molar refractivity (Wildman–Crippen MR) is 97.2 cm³/mol. The Morgan fingerprint density at radius 2 is 2.26 bits per heavy atom. The molecule has 2 heterocycles. The second-order valence-electron chi connectivity index (χ2n) is 5.37. The summed E-state index contributed by atoms with van der Waals surface area (Å²) >= 11 is 8.60. The van der Waals surface area contributed by atoms with Gasteiger partial charge in [0, 0.05) is 16.5 Å². The molecule has 1 fully saturated rings. The van der Waals surface area contributed by atoms with Crippen LogP contribution in [-0.4, -0.2) is 17.1 Å². The first-order valence-electron chi connectivity index (χ1n) is 7.05. The minimum Gasteiger partial charge on any atom is -0.485 e. The van der Waals surface area contributed by atoms with E-state index in [-0.39, 0.29) is 12.0 Å². The van der Waals surface area contributed by atoms with Gasteiger partial charge in [0.05, 0.1) is 0 Å². The molecule has 1 aromatic rings. The molecule has 1 spiro atoms. The van der Waals surface area contributed by atoms with Gasteiger partial charge in [-0.15, -0.1) is 0 Å². The predicted octanol–water partition coefficient (Wildman–Crippen LogP) is 3.10. The quantitative estimate of drug-likeness (QED) is 0.614. The zero-order valence-corrected chi connectivity index (χ0v) is 14.7. The van der Waals surface area contributed by atoms with Gasteiger partial charge in [-0.05, 0) is 36.0 Å². The minimum atomic E-state index is -0.942. The van der Waals surface area contributed by atoms with Gasteiger partial charge >= 0.3 is 0 Å². The number of rotatable bonds is 3. The van der Waals surface area contributed by atoms with Gasteiger partial charge < -0.3 is 15.4 Å². The van der Waals surface area contributed by atoms with E-state index < -0.39 is 5.54 Å². The highest BCUT2D eigenvalue weighted by atomic mass is 79.9. The van der Waals surface area contributed by atoms with Gasteiger partial charge in [0.25, 0.3) is 5.91 Å². The third-order valence-corrected chi connectivity index (χ3v) is 4.72. The number of halogens is 1. The second kappa shape index (κ2) is 5.94. The second-order valence-corrected chi connectivity index (χ2v) is 6.70. The fourth-order valence-corrected chi connectivity index (χ4v) is 3.60. The van der Waals surface area contributed by atoms with Crippen molar-refractivity contribution in [2.24, 2.45) is 0 Å². The van der Waals surface area contributed by atoms with Crippen molar-refractivity contribution in [1.82, 2.24) is 10.6 Å². The molecule has 1 amide bonds. The molecular formula is C17H15BrN2O2S. The molecule has 1 saturated heterocycles. The van der Waals surface area contributed by atoms with E-state index in [4.69, 9.17) is 17.0 Å². The van der Waals surface area contributed by atoms with Crippen LogP contribution < -0.4 is 15.4 Å². The first kappa shape index (κ1) is 16.0. The fraction of sp³-hybridized carbons (Fsp3) is 0.176. The van der Waals surface area contributed by atoms with Gasteiger partial charge in [0.2, 0.25) is 0 Å². The van der Waals surface area contributed by atoms with Crippen molar-refractivity contribution in [1.29, 1.82) is 0 Å². The molecular weight excluding hydrogens is 376 g/mol. The summed E-state index contributed by atoms with van der Waals surface area (Å²) in [4.78, 5) is 12.7. The third-order valence-electron chi connectivity index (χ3n) is 4.02. The largest absolute Gasteiger partial charge is 0.485 e. The zero-order chi connectivity index (χ0) is 16.6. The molecule has 0 aliphatic carbocycles. The molecule has 0 radical (unpaired) electrons. The van der Waals surface area contributed by atoms with Crippen molar-refractivity contribution in [3.8, 4) is 5.75 Å². The number of allylic oxidation sites excluding steroid dienone is 2. The molecule has 0 aromatic heterocycles. The summed E-state index contributed by atoms with van der Waals surface area (Å²) < 4.78 is 6.96. The maximum Gasteiger partial charge on any atom is 0.256 e. The van der Waals surface area contributed by atoms with Crippen LogP contribution in [0.15, 0.2) is 59.6 Å². The summed E-state index contributed by atoms with van der Waals surface area (Å²) in [6.45, 7) is 7.54. The number of ether oxygens (including phenoxy) is 1. The lowest BCUT2D eigenvalue weighted by Gasteiger charge is -2.38. The Morgan fingerprint density at radius 3 is 2.87 bits per heavy atom. The van der Waals surface area contributed by atoms with Crippen LogP contribution in [0.2, 0.25) is 0 Å². The first-order chi connectivity index (χ1) is 11.0. The summed E-state index contributed by atoms with van der Waals surface area (Å²) in [5, 5.41) is 6.16. The number of nitrogens with one attached hydrogen (secondary N) is 2. The Labute approximate surface area is 148 Å². The molecule has 4 nitrogen and oxygen atoms in total. The van der Waals surface area contributed by atoms with Crippen molar-refractivity contribution in [2.75, 3.05) is 0 Å². The molecule has 1 aromatic carbocycles. The van der Waals surface area contributed by atoms with Crippen molar-refractivity contribution in [3.05, 3.63) is 65.2 Å². The molecule has 0 bridgehead atoms. The van der Waals surface area contributed by atoms with Gasteiger partial charge in [-0.25, -0.2) is 0 Å². The normalized spacial score (nSPS) is 26.1. The van der Waals surface area contributed by atoms with Crippen molar-refractivity contribution < 1.29 is 9.53 Å². The summed E-state index contributed by atoms with van der Waals surface area (Å²) in [6.07, 6.45) is 5.32. The van der Waals surface area contributed by atoms with E-state index in [0.717, 1.165) is 15.6 Å². The van der Waals surface area contributed by atoms with Crippen LogP contribution in [0.4, 0.5) is 0 Å². The van der Waals surface area contributed by atoms with E-state index in [0.29, 0.717) is 17.3 Å². The van der Waals surface area contributed by atoms with E-state index in [9.17, 15) is 4.79 Å². The van der Waals surface area contributed by atoms with Gasteiger partial charge in [-0.3, -0.25) is 4.79 Å². The summed E-state index contributed by atoms with van der Waals surface area (Å²) in [6, 6.07) is 5.61. The van der Waals surface area contributed by atoms with Crippen LogP contribution in [0.5, 0.6) is 5.75 Å². The monoisotopic (exact) mass is 390 g/mol. The van der Waals surface area contributed by atoms with Crippen LogP contribution >= 0.6 is 28.1 Å². The average molecular weight is 391 g/mol. The Hall–Kier alpha value is -1.92. The maximum atomic E-state index is 12.7. The smallest absolute Gasteiger partial charge is 0.256 e. The topological polar surface area (TPSA) is 50.4 Å². The highest BCUT2D eigenvalue weighted by Crippen LogP contribution is 2.44. The minimum absolute atomic E-state index is 0.169. The Kier molecular flexibility index (Phi) is 4.12. The van der Waals surface area contributed by atoms with Crippen molar-refractivity contribution in [2.45, 2.75) is 18.1 Å². The Morgan fingerprint density at radius 1 is 1.48 bits per heavy atom. The lowest BCUT2D eigenvalue weighted by Crippen LogP contribution is -2.50. The molecule has 2 aliphatic heterocycles. The highest BCUT2D eigenvalue weighted by molar-refractivity contribution is 9.10. The molecule has 6 heteroatoms. The molecule has 2 N–H and O–H groups in total. The number of hydrogen-bond donors (Lipinski definition) is 2. The number of carbonyl (C=O) groups excluding carboxylic acids is 1. The number of amides is 1. The molecule has 2 unspecified atom stereocenters. The lowest BCUT2D eigenvalue weighted by atomic mass is 9.80. The van der Waals surface area contributed by atoms with E-state index in [1.165, 1.54) is 0 Å².